The second-order valence-corrected chi connectivity index (χ2v) is 7.60. The topological polar surface area (TPSA) is 55.8 Å². The predicted octanol–water partition coefficient (Wildman–Crippen LogP) is 5.52. The van der Waals surface area contributed by atoms with Crippen molar-refractivity contribution >= 4 is 5.97 Å². The van der Waals surface area contributed by atoms with Gasteiger partial charge in [-0.3, -0.25) is 4.79 Å². The molecule has 0 saturated heterocycles. The molecule has 0 fully saturated rings. The van der Waals surface area contributed by atoms with Crippen LogP contribution in [0.25, 0.3) is 0 Å². The highest BCUT2D eigenvalue weighted by Crippen LogP contribution is 2.16. The average Bonchev–Trinajstić information content (AvgIpc) is 2.70. The second kappa shape index (κ2) is 22.6. The highest BCUT2D eigenvalue weighted by atomic mass is 16.5. The molecular weight excluding hydrogens is 354 g/mol. The number of hydrogen-bond donors (Lipinski definition) is 1. The van der Waals surface area contributed by atoms with Crippen molar-refractivity contribution in [3.8, 4) is 0 Å². The minimum absolute atomic E-state index is 0.0616. The first-order valence-electron chi connectivity index (χ1n) is 11.7. The molecule has 28 heavy (non-hydrogen) atoms. The van der Waals surface area contributed by atoms with Crippen molar-refractivity contribution in [1.82, 2.24) is 0 Å². The summed E-state index contributed by atoms with van der Waals surface area (Å²) < 4.78 is 11.3. The molecule has 0 heterocycles. The summed E-state index contributed by atoms with van der Waals surface area (Å²) in [7, 11) is 0. The summed E-state index contributed by atoms with van der Waals surface area (Å²) in [4.78, 5) is 9.98. The quantitative estimate of drug-likeness (QED) is 0.227. The molecule has 0 bridgehead atoms. The summed E-state index contributed by atoms with van der Waals surface area (Å²) >= 11 is 0. The molecule has 0 spiro atoms. The Morgan fingerprint density at radius 3 is 1.39 bits per heavy atom. The highest BCUT2D eigenvalue weighted by Gasteiger charge is 2.24. The van der Waals surface area contributed by atoms with E-state index >= 15 is 0 Å². The molecule has 0 unspecified atom stereocenters. The van der Waals surface area contributed by atoms with E-state index in [0.717, 1.165) is 0 Å². The van der Waals surface area contributed by atoms with Gasteiger partial charge in [-0.05, 0) is 32.6 Å². The van der Waals surface area contributed by atoms with Crippen LogP contribution in [0.5, 0.6) is 0 Å². The third-order valence-electron chi connectivity index (χ3n) is 4.98. The fraction of sp³-hybridized carbons (Fsp3) is 0.957. The number of hydrogen-bond acceptors (Lipinski definition) is 3. The van der Waals surface area contributed by atoms with Crippen LogP contribution < -0.4 is 0 Å². The van der Waals surface area contributed by atoms with Crippen molar-refractivity contribution in [2.24, 2.45) is 0 Å². The highest BCUT2D eigenvalue weighted by molar-refractivity contribution is 5.66. The zero-order chi connectivity index (χ0) is 21.5. The van der Waals surface area contributed by atoms with E-state index < -0.39 is 5.97 Å². The van der Waals surface area contributed by atoms with Crippen LogP contribution in [0.4, 0.5) is 0 Å². The molecule has 0 aliphatic heterocycles. The smallest absolute Gasteiger partial charge is 0.305 e. The summed E-state index contributed by atoms with van der Waals surface area (Å²) in [5.41, 5.74) is 0. The van der Waals surface area contributed by atoms with Crippen LogP contribution in [0.2, 0.25) is 0 Å². The lowest BCUT2D eigenvalue weighted by molar-refractivity contribution is -0.929. The van der Waals surface area contributed by atoms with Gasteiger partial charge in [0.2, 0.25) is 0 Å². The molecule has 0 aromatic carbocycles. The predicted molar refractivity (Wildman–Crippen MR) is 119 cm³/mol. The lowest BCUT2D eigenvalue weighted by Crippen LogP contribution is -2.50. The number of rotatable bonds is 19. The Morgan fingerprint density at radius 2 is 1.07 bits per heavy atom. The Morgan fingerprint density at radius 1 is 0.679 bits per heavy atom. The van der Waals surface area contributed by atoms with E-state index in [1.165, 1.54) is 82.0 Å². The van der Waals surface area contributed by atoms with Crippen LogP contribution in [0, 0.1) is 0 Å². The number of unbranched alkanes of at least 4 members (excludes halogenated alkanes) is 4. The van der Waals surface area contributed by atoms with E-state index in [9.17, 15) is 4.79 Å². The molecule has 0 aromatic rings. The van der Waals surface area contributed by atoms with Crippen molar-refractivity contribution in [3.63, 3.8) is 0 Å². The number of carbonyl (C=O) groups is 1. The Bertz CT molecular complexity index is 286. The summed E-state index contributed by atoms with van der Waals surface area (Å²) in [5, 5.41) is 8.20. The van der Waals surface area contributed by atoms with Gasteiger partial charge in [-0.1, -0.05) is 53.4 Å². The lowest BCUT2D eigenvalue weighted by Gasteiger charge is -2.39. The van der Waals surface area contributed by atoms with Gasteiger partial charge < -0.3 is 19.1 Å². The molecule has 0 aliphatic carbocycles. The molecule has 0 radical (unpaired) electrons. The van der Waals surface area contributed by atoms with Gasteiger partial charge in [0.15, 0.2) is 0 Å². The molecular formula is C23H50NO4+. The molecule has 0 aromatic heterocycles. The van der Waals surface area contributed by atoms with Crippen LogP contribution in [-0.4, -0.2) is 68.2 Å². The molecule has 0 rings (SSSR count). The van der Waals surface area contributed by atoms with Crippen LogP contribution in [0.15, 0.2) is 0 Å². The second-order valence-electron chi connectivity index (χ2n) is 7.60. The van der Waals surface area contributed by atoms with Crippen LogP contribution in [-0.2, 0) is 14.3 Å². The molecule has 170 valence electrons. The van der Waals surface area contributed by atoms with Crippen LogP contribution in [0.3, 0.4) is 0 Å². The Hall–Kier alpha value is -0.650. The number of ether oxygens (including phenoxy) is 2. The van der Waals surface area contributed by atoms with Crippen molar-refractivity contribution in [2.45, 2.75) is 92.4 Å². The molecule has 5 heteroatoms. The molecule has 0 amide bonds. The Kier molecular flexibility index (Phi) is 23.9. The van der Waals surface area contributed by atoms with Crippen molar-refractivity contribution in [1.29, 1.82) is 0 Å². The summed E-state index contributed by atoms with van der Waals surface area (Å²) in [6.45, 7) is 18.9. The zero-order valence-electron chi connectivity index (χ0n) is 19.6. The molecule has 0 saturated carbocycles. The molecule has 1 N–H and O–H groups in total. The van der Waals surface area contributed by atoms with Gasteiger partial charge in [0.25, 0.3) is 0 Å². The fourth-order valence-electron chi connectivity index (χ4n) is 3.17. The first kappa shape index (κ1) is 29.6. The Labute approximate surface area is 175 Å². The zero-order valence-corrected chi connectivity index (χ0v) is 19.6. The average molecular weight is 405 g/mol. The summed E-state index contributed by atoms with van der Waals surface area (Å²) in [6.07, 6.45) is 11.1. The molecule has 0 atom stereocenters. The van der Waals surface area contributed by atoms with Gasteiger partial charge >= 0.3 is 5.97 Å². The molecule has 5 nitrogen and oxygen atoms in total. The lowest BCUT2D eigenvalue weighted by atomic mass is 10.1. The largest absolute Gasteiger partial charge is 0.481 e. The van der Waals surface area contributed by atoms with E-state index in [1.807, 2.05) is 6.92 Å². The van der Waals surface area contributed by atoms with Gasteiger partial charge in [-0.15, -0.1) is 0 Å². The van der Waals surface area contributed by atoms with E-state index in [0.29, 0.717) is 19.8 Å². The van der Waals surface area contributed by atoms with E-state index in [2.05, 4.69) is 27.7 Å². The maximum Gasteiger partial charge on any atom is 0.305 e. The fourth-order valence-corrected chi connectivity index (χ4v) is 3.17. The van der Waals surface area contributed by atoms with Crippen LogP contribution in [0.1, 0.15) is 92.4 Å². The number of nitrogens with zero attached hydrogens (tertiary/aromatic N) is 1. The van der Waals surface area contributed by atoms with E-state index in [4.69, 9.17) is 14.6 Å². The standard InChI is InChI=1S/C16H36N.C7H14O4/c1-5-9-13-17(14-10-6-2,15-11-7-3)16-12-8-4;1-2-10-5-6-11-4-3-7(8)9/h5-16H2,1-4H3;2-6H2,1H3,(H,8,9)/q+1;. The van der Waals surface area contributed by atoms with Gasteiger partial charge in [-0.2, -0.15) is 0 Å². The first-order chi connectivity index (χ1) is 13.5. The number of quaternary nitrogens is 1. The van der Waals surface area contributed by atoms with Gasteiger partial charge in [0.1, 0.15) is 0 Å². The number of carboxylic acids is 1. The number of aliphatic carboxylic acids is 1. The SMILES string of the molecule is CCCC[N+](CCCC)(CCCC)CCCC.CCOCCOCCC(=O)O. The van der Waals surface area contributed by atoms with E-state index in [-0.39, 0.29) is 13.0 Å². The number of carboxylic acid groups (broad SMARTS) is 1. The van der Waals surface area contributed by atoms with Crippen molar-refractivity contribution in [3.05, 3.63) is 0 Å². The minimum atomic E-state index is -0.832. The summed E-state index contributed by atoms with van der Waals surface area (Å²) in [5.74, 6) is -0.832. The van der Waals surface area contributed by atoms with Gasteiger partial charge in [0, 0.05) is 6.61 Å². The normalized spacial score (nSPS) is 11.2. The first-order valence-corrected chi connectivity index (χ1v) is 11.7. The maximum atomic E-state index is 9.98. The third-order valence-corrected chi connectivity index (χ3v) is 4.98. The van der Waals surface area contributed by atoms with Gasteiger partial charge in [0.05, 0.1) is 52.4 Å². The van der Waals surface area contributed by atoms with Crippen LogP contribution >= 0.6 is 0 Å². The van der Waals surface area contributed by atoms with Gasteiger partial charge in [-0.25, -0.2) is 0 Å². The summed E-state index contributed by atoms with van der Waals surface area (Å²) in [6, 6.07) is 0. The van der Waals surface area contributed by atoms with Crippen molar-refractivity contribution < 1.29 is 23.9 Å². The maximum absolute atomic E-state index is 9.98. The third kappa shape index (κ3) is 20.1. The monoisotopic (exact) mass is 404 g/mol. The molecule has 0 aliphatic rings. The van der Waals surface area contributed by atoms with Crippen molar-refractivity contribution in [2.75, 3.05) is 52.6 Å². The Balaban J connectivity index is 0. The van der Waals surface area contributed by atoms with E-state index in [1.54, 1.807) is 0 Å². The minimum Gasteiger partial charge on any atom is -0.481 e.